The summed E-state index contributed by atoms with van der Waals surface area (Å²) in [7, 11) is 3.32. The fraction of sp³-hybridized carbons (Fsp3) is 0.833. The molecular formula is C12H26N4O2. The van der Waals surface area contributed by atoms with Crippen molar-refractivity contribution in [3.63, 3.8) is 0 Å². The van der Waals surface area contributed by atoms with Crippen molar-refractivity contribution in [2.75, 3.05) is 27.2 Å². The van der Waals surface area contributed by atoms with E-state index in [0.29, 0.717) is 13.1 Å². The van der Waals surface area contributed by atoms with Gasteiger partial charge in [-0.05, 0) is 27.7 Å². The number of carbonyl (C=O) groups excluding carboxylic acids is 2. The summed E-state index contributed by atoms with van der Waals surface area (Å²) in [5.74, 6) is -0.117. The highest BCUT2D eigenvalue weighted by molar-refractivity contribution is 5.83. The van der Waals surface area contributed by atoms with Crippen LogP contribution in [0, 0.1) is 5.41 Å². The van der Waals surface area contributed by atoms with Gasteiger partial charge in [-0.2, -0.15) is 0 Å². The second kappa shape index (κ2) is 6.04. The largest absolute Gasteiger partial charge is 0.354 e. The van der Waals surface area contributed by atoms with Crippen molar-refractivity contribution >= 4 is 11.9 Å². The number of hydrogen-bond donors (Lipinski definition) is 3. The van der Waals surface area contributed by atoms with Gasteiger partial charge in [0.25, 0.3) is 0 Å². The lowest BCUT2D eigenvalue weighted by atomic mass is 9.74. The van der Waals surface area contributed by atoms with Crippen LogP contribution in [0.5, 0.6) is 0 Å². The minimum Gasteiger partial charge on any atom is -0.354 e. The molecule has 6 heteroatoms. The lowest BCUT2D eigenvalue weighted by molar-refractivity contribution is -0.132. The van der Waals surface area contributed by atoms with Gasteiger partial charge in [0.05, 0.1) is 5.41 Å². The second-order valence-corrected chi connectivity index (χ2v) is 5.73. The van der Waals surface area contributed by atoms with Gasteiger partial charge in [0, 0.05) is 32.7 Å². The van der Waals surface area contributed by atoms with E-state index in [4.69, 9.17) is 5.73 Å². The second-order valence-electron chi connectivity index (χ2n) is 5.73. The average Bonchev–Trinajstić information content (AvgIpc) is 2.21. The summed E-state index contributed by atoms with van der Waals surface area (Å²) in [6.45, 7) is 8.03. The molecule has 0 spiro atoms. The van der Waals surface area contributed by atoms with E-state index < -0.39 is 11.0 Å². The average molecular weight is 258 g/mol. The van der Waals surface area contributed by atoms with Gasteiger partial charge in [0.15, 0.2) is 0 Å². The maximum absolute atomic E-state index is 12.0. The van der Waals surface area contributed by atoms with Crippen LogP contribution in [0.1, 0.15) is 27.7 Å². The van der Waals surface area contributed by atoms with Crippen LogP contribution in [-0.2, 0) is 4.79 Å². The van der Waals surface area contributed by atoms with Crippen molar-refractivity contribution < 1.29 is 9.59 Å². The van der Waals surface area contributed by atoms with E-state index in [0.717, 1.165) is 0 Å². The third kappa shape index (κ3) is 4.52. The zero-order valence-corrected chi connectivity index (χ0v) is 12.3. The molecule has 0 fully saturated rings. The highest BCUT2D eigenvalue weighted by atomic mass is 16.2. The quantitative estimate of drug-likeness (QED) is 0.613. The van der Waals surface area contributed by atoms with E-state index in [-0.39, 0.29) is 11.9 Å². The molecule has 18 heavy (non-hydrogen) atoms. The van der Waals surface area contributed by atoms with Gasteiger partial charge in [-0.15, -0.1) is 0 Å². The summed E-state index contributed by atoms with van der Waals surface area (Å²) in [4.78, 5) is 24.6. The number of nitrogens with one attached hydrogen (secondary N) is 2. The standard InChI is InChI=1S/C12H26N4O2/c1-11(2,12(3,4)13)9(17)14-7-8-15-10(18)16(5)6/h7-8,13H2,1-6H3,(H,14,17)(H,15,18). The predicted octanol–water partition coefficient (Wildman–Crippen LogP) is 0.137. The Labute approximate surface area is 109 Å². The summed E-state index contributed by atoms with van der Waals surface area (Å²) in [6, 6.07) is -0.178. The van der Waals surface area contributed by atoms with Crippen LogP contribution >= 0.6 is 0 Å². The van der Waals surface area contributed by atoms with Gasteiger partial charge in [-0.1, -0.05) is 0 Å². The van der Waals surface area contributed by atoms with E-state index in [1.54, 1.807) is 27.9 Å². The van der Waals surface area contributed by atoms with E-state index in [9.17, 15) is 9.59 Å². The summed E-state index contributed by atoms with van der Waals surface area (Å²) < 4.78 is 0. The number of urea groups is 1. The van der Waals surface area contributed by atoms with Gasteiger partial charge in [0.1, 0.15) is 0 Å². The molecule has 0 atom stereocenters. The summed E-state index contributed by atoms with van der Waals surface area (Å²) in [5.41, 5.74) is 4.69. The fourth-order valence-corrected chi connectivity index (χ4v) is 1.02. The van der Waals surface area contributed by atoms with Crippen LogP contribution in [0.4, 0.5) is 4.79 Å². The zero-order chi connectivity index (χ0) is 14.6. The molecule has 0 unspecified atom stereocenters. The molecule has 0 aliphatic heterocycles. The van der Waals surface area contributed by atoms with Crippen molar-refractivity contribution in [2.45, 2.75) is 33.2 Å². The first kappa shape index (κ1) is 16.7. The van der Waals surface area contributed by atoms with E-state index in [1.807, 2.05) is 13.8 Å². The molecule has 0 aliphatic rings. The Hall–Kier alpha value is -1.30. The van der Waals surface area contributed by atoms with Crippen LogP contribution in [-0.4, -0.2) is 49.6 Å². The number of carbonyl (C=O) groups is 2. The van der Waals surface area contributed by atoms with Gasteiger partial charge in [-0.25, -0.2) is 4.79 Å². The molecule has 0 aromatic heterocycles. The normalized spacial score (nSPS) is 11.9. The van der Waals surface area contributed by atoms with Gasteiger partial charge >= 0.3 is 6.03 Å². The number of amides is 3. The lowest BCUT2D eigenvalue weighted by Crippen LogP contribution is -2.56. The number of nitrogens with two attached hydrogens (primary N) is 1. The Balaban J connectivity index is 4.10. The molecule has 106 valence electrons. The highest BCUT2D eigenvalue weighted by Crippen LogP contribution is 2.27. The molecule has 0 saturated carbocycles. The first-order chi connectivity index (χ1) is 8.00. The number of rotatable bonds is 5. The van der Waals surface area contributed by atoms with Crippen molar-refractivity contribution in [2.24, 2.45) is 11.1 Å². The van der Waals surface area contributed by atoms with E-state index in [1.165, 1.54) is 4.90 Å². The number of hydrogen-bond acceptors (Lipinski definition) is 3. The maximum Gasteiger partial charge on any atom is 0.316 e. The Kier molecular flexibility index (Phi) is 5.60. The molecule has 6 nitrogen and oxygen atoms in total. The number of nitrogens with zero attached hydrogens (tertiary/aromatic N) is 1. The molecule has 0 bridgehead atoms. The molecule has 0 aromatic rings. The maximum atomic E-state index is 12.0. The van der Waals surface area contributed by atoms with Gasteiger partial charge < -0.3 is 21.3 Å². The summed E-state index contributed by atoms with van der Waals surface area (Å²) in [5, 5.41) is 5.44. The molecule has 0 radical (unpaired) electrons. The highest BCUT2D eigenvalue weighted by Gasteiger charge is 2.40. The van der Waals surface area contributed by atoms with Crippen LogP contribution in [0.2, 0.25) is 0 Å². The minimum atomic E-state index is -0.668. The Bertz CT molecular complexity index is 306. The van der Waals surface area contributed by atoms with Crippen molar-refractivity contribution in [1.82, 2.24) is 15.5 Å². The van der Waals surface area contributed by atoms with Crippen LogP contribution in [0.15, 0.2) is 0 Å². The molecule has 0 heterocycles. The Morgan fingerprint density at radius 3 is 1.89 bits per heavy atom. The molecule has 0 aromatic carbocycles. The van der Waals surface area contributed by atoms with E-state index >= 15 is 0 Å². The molecule has 0 aliphatic carbocycles. The summed E-state index contributed by atoms with van der Waals surface area (Å²) in [6.07, 6.45) is 0. The first-order valence-corrected chi connectivity index (χ1v) is 6.02. The Morgan fingerprint density at radius 1 is 1.06 bits per heavy atom. The van der Waals surface area contributed by atoms with Gasteiger partial charge in [-0.3, -0.25) is 4.79 Å². The first-order valence-electron chi connectivity index (χ1n) is 6.02. The molecule has 3 amide bonds. The van der Waals surface area contributed by atoms with Crippen LogP contribution < -0.4 is 16.4 Å². The Morgan fingerprint density at radius 2 is 1.50 bits per heavy atom. The minimum absolute atomic E-state index is 0.117. The molecule has 0 saturated heterocycles. The fourth-order valence-electron chi connectivity index (χ4n) is 1.02. The molecule has 0 rings (SSSR count). The SMILES string of the molecule is CN(C)C(=O)NCCNC(=O)C(C)(C)C(C)(C)N. The van der Waals surface area contributed by atoms with Crippen LogP contribution in [0.25, 0.3) is 0 Å². The van der Waals surface area contributed by atoms with E-state index in [2.05, 4.69) is 10.6 Å². The topological polar surface area (TPSA) is 87.5 Å². The van der Waals surface area contributed by atoms with Crippen molar-refractivity contribution in [1.29, 1.82) is 0 Å². The lowest BCUT2D eigenvalue weighted by Gasteiger charge is -2.36. The van der Waals surface area contributed by atoms with Crippen LogP contribution in [0.3, 0.4) is 0 Å². The predicted molar refractivity (Wildman–Crippen MR) is 72.1 cm³/mol. The monoisotopic (exact) mass is 258 g/mol. The van der Waals surface area contributed by atoms with Gasteiger partial charge in [0.2, 0.25) is 5.91 Å². The molecule has 4 N–H and O–H groups in total. The van der Waals surface area contributed by atoms with Crippen molar-refractivity contribution in [3.8, 4) is 0 Å². The third-order valence-electron chi connectivity index (χ3n) is 3.27. The zero-order valence-electron chi connectivity index (χ0n) is 12.3. The molecular weight excluding hydrogens is 232 g/mol. The summed E-state index contributed by atoms with van der Waals surface area (Å²) >= 11 is 0. The third-order valence-corrected chi connectivity index (χ3v) is 3.27. The van der Waals surface area contributed by atoms with Crippen molar-refractivity contribution in [3.05, 3.63) is 0 Å². The smallest absolute Gasteiger partial charge is 0.316 e.